The van der Waals surface area contributed by atoms with Gasteiger partial charge in [-0.3, -0.25) is 13.9 Å². The molecule has 2 aromatic rings. The Morgan fingerprint density at radius 3 is 2.59 bits per heavy atom. The highest BCUT2D eigenvalue weighted by Crippen LogP contribution is 2.41. The average Bonchev–Trinajstić information content (AvgIpc) is 3.04. The molecule has 1 saturated carbocycles. The van der Waals surface area contributed by atoms with Crippen molar-refractivity contribution in [3.05, 3.63) is 31.3 Å². The number of hydrogen-bond donors (Lipinski definition) is 1. The van der Waals surface area contributed by atoms with E-state index in [0.717, 1.165) is 34.5 Å². The minimum absolute atomic E-state index is 0.0226. The molecule has 2 fully saturated rings. The number of nitrogens with zero attached hydrogens (tertiary/aromatic N) is 3. The summed E-state index contributed by atoms with van der Waals surface area (Å²) in [6, 6.07) is -0.0474. The average molecular weight is 391 g/mol. The zero-order valence-corrected chi connectivity index (χ0v) is 16.9. The largest absolute Gasteiger partial charge is 0.336 e. The number of hydrogen-bond acceptors (Lipinski definition) is 4. The summed E-state index contributed by atoms with van der Waals surface area (Å²) >= 11 is 1.49. The molecule has 4 rings (SSSR count). The first-order valence-corrected chi connectivity index (χ1v) is 10.6. The predicted octanol–water partition coefficient (Wildman–Crippen LogP) is 2.44. The van der Waals surface area contributed by atoms with Crippen LogP contribution in [0.15, 0.2) is 9.59 Å². The normalized spacial score (nSPS) is 21.9. The van der Waals surface area contributed by atoms with Crippen LogP contribution in [0.3, 0.4) is 0 Å². The van der Waals surface area contributed by atoms with E-state index >= 15 is 0 Å². The Morgan fingerprint density at radius 1 is 1.26 bits per heavy atom. The fourth-order valence-electron chi connectivity index (χ4n) is 3.86. The second-order valence-electron chi connectivity index (χ2n) is 7.73. The van der Waals surface area contributed by atoms with E-state index in [2.05, 4.69) is 19.2 Å². The highest BCUT2D eigenvalue weighted by atomic mass is 32.1. The molecule has 27 heavy (non-hydrogen) atoms. The smallest absolute Gasteiger partial charge is 0.332 e. The first-order valence-electron chi connectivity index (χ1n) is 9.74. The van der Waals surface area contributed by atoms with Crippen LogP contribution in [0.2, 0.25) is 0 Å². The van der Waals surface area contributed by atoms with Gasteiger partial charge in [0.15, 0.2) is 0 Å². The molecule has 1 saturated heterocycles. The van der Waals surface area contributed by atoms with Gasteiger partial charge in [0.25, 0.3) is 5.56 Å². The number of fused-ring (bicyclic) bond motifs is 1. The van der Waals surface area contributed by atoms with Crippen molar-refractivity contribution in [3.8, 4) is 0 Å². The number of aryl methyl sites for hydroxylation is 2. The summed E-state index contributed by atoms with van der Waals surface area (Å²) in [5.41, 5.74) is 0.567. The summed E-state index contributed by atoms with van der Waals surface area (Å²) < 4.78 is 3.27. The molecule has 1 aliphatic carbocycles. The fourth-order valence-corrected chi connectivity index (χ4v) is 5.20. The van der Waals surface area contributed by atoms with Gasteiger partial charge in [-0.25, -0.2) is 9.59 Å². The first-order chi connectivity index (χ1) is 12.9. The number of carbonyl (C=O) groups excluding carboxylic acids is 1. The SMILES string of the molecule is CCCCn1c(=O)n([C@H]2C[C@@H]2C)c(=O)c2c(C)c(CN3CCNC3=O)sc21. The van der Waals surface area contributed by atoms with Crippen molar-refractivity contribution in [1.82, 2.24) is 19.4 Å². The van der Waals surface area contributed by atoms with E-state index in [4.69, 9.17) is 0 Å². The van der Waals surface area contributed by atoms with Crippen LogP contribution >= 0.6 is 11.3 Å². The quantitative estimate of drug-likeness (QED) is 0.823. The van der Waals surface area contributed by atoms with E-state index < -0.39 is 0 Å². The van der Waals surface area contributed by atoms with Gasteiger partial charge >= 0.3 is 11.7 Å². The van der Waals surface area contributed by atoms with E-state index in [9.17, 15) is 14.4 Å². The standard InChI is InChI=1S/C19H26N4O3S/c1-4-5-7-22-17-15(16(24)23(19(22)26)13-9-11(13)2)12(3)14(27-17)10-21-8-6-20-18(21)25/h11,13H,4-10H2,1-3H3,(H,20,25)/t11-,13-/m0/s1. The second kappa shape index (κ2) is 6.82. The van der Waals surface area contributed by atoms with Crippen LogP contribution in [0.25, 0.3) is 10.2 Å². The highest BCUT2D eigenvalue weighted by molar-refractivity contribution is 7.18. The van der Waals surface area contributed by atoms with Crippen LogP contribution in [0.4, 0.5) is 4.79 Å². The Morgan fingerprint density at radius 2 is 2.00 bits per heavy atom. The van der Waals surface area contributed by atoms with Gasteiger partial charge in [-0.15, -0.1) is 11.3 Å². The molecule has 2 amide bonds. The maximum absolute atomic E-state index is 13.2. The maximum Gasteiger partial charge on any atom is 0.332 e. The number of unbranched alkanes of at least 4 members (excludes halogenated alkanes) is 1. The van der Waals surface area contributed by atoms with Gasteiger partial charge in [0.05, 0.1) is 11.9 Å². The third-order valence-corrected chi connectivity index (χ3v) is 7.05. The van der Waals surface area contributed by atoms with Crippen LogP contribution in [0.5, 0.6) is 0 Å². The second-order valence-corrected chi connectivity index (χ2v) is 8.81. The van der Waals surface area contributed by atoms with Crippen LogP contribution in [0, 0.1) is 12.8 Å². The van der Waals surface area contributed by atoms with E-state index in [-0.39, 0.29) is 23.3 Å². The molecule has 0 bridgehead atoms. The minimum Gasteiger partial charge on any atom is -0.336 e. The third kappa shape index (κ3) is 2.99. The maximum atomic E-state index is 13.2. The molecule has 0 aromatic carbocycles. The molecule has 1 N–H and O–H groups in total. The van der Waals surface area contributed by atoms with E-state index in [1.54, 1.807) is 9.47 Å². The summed E-state index contributed by atoms with van der Waals surface area (Å²) in [5.74, 6) is 0.374. The zero-order valence-electron chi connectivity index (χ0n) is 16.1. The van der Waals surface area contributed by atoms with Gasteiger partial charge < -0.3 is 10.2 Å². The van der Waals surface area contributed by atoms with Crippen molar-refractivity contribution in [2.75, 3.05) is 13.1 Å². The van der Waals surface area contributed by atoms with Crippen molar-refractivity contribution < 1.29 is 4.79 Å². The summed E-state index contributed by atoms with van der Waals surface area (Å²) in [6.45, 7) is 8.54. The molecule has 7 nitrogen and oxygen atoms in total. The number of thiophene rings is 1. The number of amides is 2. The van der Waals surface area contributed by atoms with Gasteiger partial charge in [0.2, 0.25) is 0 Å². The fraction of sp³-hybridized carbons (Fsp3) is 0.632. The lowest BCUT2D eigenvalue weighted by Crippen LogP contribution is -2.39. The van der Waals surface area contributed by atoms with Gasteiger partial charge in [0, 0.05) is 30.6 Å². The molecule has 8 heteroatoms. The number of carbonyl (C=O) groups is 1. The Kier molecular flexibility index (Phi) is 4.61. The molecule has 2 aromatic heterocycles. The van der Waals surface area contributed by atoms with Crippen LogP contribution < -0.4 is 16.6 Å². The first kappa shape index (κ1) is 18.3. The van der Waals surface area contributed by atoms with Crippen LogP contribution in [0.1, 0.15) is 49.6 Å². The zero-order chi connectivity index (χ0) is 19.3. The Bertz CT molecular complexity index is 1020. The summed E-state index contributed by atoms with van der Waals surface area (Å²) in [5, 5.41) is 3.47. The van der Waals surface area contributed by atoms with E-state index in [0.29, 0.717) is 37.5 Å². The molecule has 2 aliphatic rings. The topological polar surface area (TPSA) is 76.3 Å². The Hall–Kier alpha value is -2.09. The molecule has 0 radical (unpaired) electrons. The van der Waals surface area contributed by atoms with Gasteiger partial charge in [-0.2, -0.15) is 0 Å². The molecule has 0 spiro atoms. The molecule has 2 atom stereocenters. The molecular weight excluding hydrogens is 364 g/mol. The van der Waals surface area contributed by atoms with Crippen molar-refractivity contribution in [2.45, 2.75) is 59.2 Å². The third-order valence-electron chi connectivity index (χ3n) is 5.76. The monoisotopic (exact) mass is 390 g/mol. The number of rotatable bonds is 6. The van der Waals surface area contributed by atoms with Crippen LogP contribution in [-0.2, 0) is 13.1 Å². The van der Waals surface area contributed by atoms with Crippen molar-refractivity contribution in [3.63, 3.8) is 0 Å². The van der Waals surface area contributed by atoms with Gasteiger partial charge in [0.1, 0.15) is 4.83 Å². The molecule has 146 valence electrons. The van der Waals surface area contributed by atoms with Crippen LogP contribution in [-0.4, -0.2) is 33.2 Å². The summed E-state index contributed by atoms with van der Waals surface area (Å²) in [4.78, 5) is 41.7. The predicted molar refractivity (Wildman–Crippen MR) is 107 cm³/mol. The molecule has 3 heterocycles. The lowest BCUT2D eigenvalue weighted by molar-refractivity contribution is 0.216. The molecular formula is C19H26N4O3S. The molecule has 0 unspecified atom stereocenters. The van der Waals surface area contributed by atoms with E-state index in [1.807, 2.05) is 6.92 Å². The highest BCUT2D eigenvalue weighted by Gasteiger charge is 2.38. The van der Waals surface area contributed by atoms with Crippen molar-refractivity contribution >= 4 is 27.6 Å². The van der Waals surface area contributed by atoms with Crippen molar-refractivity contribution in [2.24, 2.45) is 5.92 Å². The lowest BCUT2D eigenvalue weighted by Gasteiger charge is -2.12. The lowest BCUT2D eigenvalue weighted by atomic mass is 10.2. The van der Waals surface area contributed by atoms with Gasteiger partial charge in [-0.1, -0.05) is 20.3 Å². The number of urea groups is 1. The Labute approximate surface area is 161 Å². The van der Waals surface area contributed by atoms with Crippen molar-refractivity contribution in [1.29, 1.82) is 0 Å². The molecule has 1 aliphatic heterocycles. The van der Waals surface area contributed by atoms with Gasteiger partial charge in [-0.05, 0) is 31.2 Å². The number of nitrogens with one attached hydrogen (secondary N) is 1. The number of aromatic nitrogens is 2. The minimum atomic E-state index is -0.179. The van der Waals surface area contributed by atoms with E-state index in [1.165, 1.54) is 15.9 Å². The summed E-state index contributed by atoms with van der Waals surface area (Å²) in [7, 11) is 0. The summed E-state index contributed by atoms with van der Waals surface area (Å²) in [6.07, 6.45) is 2.77. The Balaban J connectivity index is 1.88.